The van der Waals surface area contributed by atoms with Crippen LogP contribution in [0.1, 0.15) is 12.0 Å². The Hall–Kier alpha value is -1.49. The van der Waals surface area contributed by atoms with E-state index in [0.29, 0.717) is 6.42 Å². The predicted molar refractivity (Wildman–Crippen MR) is 71.9 cm³/mol. The Bertz CT molecular complexity index is 445. The lowest BCUT2D eigenvalue weighted by molar-refractivity contribution is -0.159. The molecule has 0 aromatic heterocycles. The topological polar surface area (TPSA) is 52.6 Å². The van der Waals surface area contributed by atoms with Crippen LogP contribution in [0.15, 0.2) is 29.2 Å². The molecule has 0 saturated heterocycles. The first-order chi connectivity index (χ1) is 9.15. The van der Waals surface area contributed by atoms with E-state index in [9.17, 15) is 9.59 Å². The molecule has 0 N–H and O–H groups in total. The van der Waals surface area contributed by atoms with E-state index in [2.05, 4.69) is 21.6 Å². The Balaban J connectivity index is 2.04. The van der Waals surface area contributed by atoms with Crippen LogP contribution in [0.2, 0.25) is 0 Å². The van der Waals surface area contributed by atoms with Crippen LogP contribution in [0.4, 0.5) is 0 Å². The molecule has 1 aliphatic heterocycles. The van der Waals surface area contributed by atoms with Gasteiger partial charge in [-0.15, -0.1) is 11.8 Å². The fourth-order valence-corrected chi connectivity index (χ4v) is 3.59. The number of rotatable bonds is 4. The number of carbonyl (C=O) groups is 2. The largest absolute Gasteiger partial charge is 0.468 e. The van der Waals surface area contributed by atoms with E-state index in [1.807, 2.05) is 12.1 Å². The maximum atomic E-state index is 11.6. The summed E-state index contributed by atoms with van der Waals surface area (Å²) in [5, 5.41) is 0.209. The molecule has 1 aliphatic rings. The zero-order chi connectivity index (χ0) is 13.8. The minimum Gasteiger partial charge on any atom is -0.468 e. The molecule has 2 rings (SSSR count). The average molecular weight is 280 g/mol. The van der Waals surface area contributed by atoms with Crippen LogP contribution in [-0.2, 0) is 25.5 Å². The molecule has 1 heterocycles. The molecule has 0 fully saturated rings. The van der Waals surface area contributed by atoms with E-state index < -0.39 is 17.9 Å². The Morgan fingerprint density at radius 3 is 2.47 bits per heavy atom. The van der Waals surface area contributed by atoms with Crippen molar-refractivity contribution in [1.29, 1.82) is 0 Å². The second kappa shape index (κ2) is 6.10. The molecule has 5 heteroatoms. The van der Waals surface area contributed by atoms with E-state index >= 15 is 0 Å². The minimum atomic E-state index is -0.832. The molecule has 0 radical (unpaired) electrons. The normalized spacial score (nSPS) is 17.1. The summed E-state index contributed by atoms with van der Waals surface area (Å²) in [6.45, 7) is 0. The standard InChI is InChI=1S/C14H16O4S/c1-17-13(15)11(14(16)18-2)8-10-7-9-5-3-4-6-12(9)19-10/h3-6,10-11H,7-8H2,1-2H3. The molecule has 0 saturated carbocycles. The van der Waals surface area contributed by atoms with Crippen molar-refractivity contribution in [3.8, 4) is 0 Å². The van der Waals surface area contributed by atoms with Gasteiger partial charge in [0.1, 0.15) is 0 Å². The number of methoxy groups -OCH3 is 2. The highest BCUT2D eigenvalue weighted by Gasteiger charge is 2.34. The van der Waals surface area contributed by atoms with Gasteiger partial charge in [-0.2, -0.15) is 0 Å². The molecule has 19 heavy (non-hydrogen) atoms. The zero-order valence-electron chi connectivity index (χ0n) is 10.9. The Kier molecular flexibility index (Phi) is 4.47. The lowest BCUT2D eigenvalue weighted by Gasteiger charge is -2.15. The molecule has 0 spiro atoms. The van der Waals surface area contributed by atoms with Crippen LogP contribution in [0.25, 0.3) is 0 Å². The van der Waals surface area contributed by atoms with Gasteiger partial charge in [-0.3, -0.25) is 9.59 Å². The van der Waals surface area contributed by atoms with Gasteiger partial charge in [0.05, 0.1) is 14.2 Å². The number of benzene rings is 1. The number of hydrogen-bond donors (Lipinski definition) is 0. The van der Waals surface area contributed by atoms with Crippen molar-refractivity contribution in [2.24, 2.45) is 5.92 Å². The fraction of sp³-hybridized carbons (Fsp3) is 0.429. The molecular weight excluding hydrogens is 264 g/mol. The zero-order valence-corrected chi connectivity index (χ0v) is 11.7. The van der Waals surface area contributed by atoms with Crippen molar-refractivity contribution in [3.63, 3.8) is 0 Å². The quantitative estimate of drug-likeness (QED) is 0.624. The van der Waals surface area contributed by atoms with Crippen molar-refractivity contribution in [3.05, 3.63) is 29.8 Å². The van der Waals surface area contributed by atoms with Gasteiger partial charge in [-0.1, -0.05) is 18.2 Å². The monoisotopic (exact) mass is 280 g/mol. The Morgan fingerprint density at radius 1 is 1.26 bits per heavy atom. The molecule has 0 bridgehead atoms. The number of hydrogen-bond acceptors (Lipinski definition) is 5. The number of ether oxygens (including phenoxy) is 2. The molecule has 102 valence electrons. The van der Waals surface area contributed by atoms with E-state index in [1.165, 1.54) is 24.7 Å². The molecule has 4 nitrogen and oxygen atoms in total. The van der Waals surface area contributed by atoms with Crippen LogP contribution in [-0.4, -0.2) is 31.4 Å². The van der Waals surface area contributed by atoms with Gasteiger partial charge in [0.15, 0.2) is 5.92 Å². The van der Waals surface area contributed by atoms with Crippen molar-refractivity contribution in [2.75, 3.05) is 14.2 Å². The summed E-state index contributed by atoms with van der Waals surface area (Å²) in [6, 6.07) is 8.13. The fourth-order valence-electron chi connectivity index (χ4n) is 2.22. The smallest absolute Gasteiger partial charge is 0.320 e. The lowest BCUT2D eigenvalue weighted by atomic mass is 9.99. The van der Waals surface area contributed by atoms with E-state index in [0.717, 1.165) is 6.42 Å². The number of esters is 2. The number of fused-ring (bicyclic) bond motifs is 1. The van der Waals surface area contributed by atoms with E-state index in [4.69, 9.17) is 0 Å². The van der Waals surface area contributed by atoms with Crippen molar-refractivity contribution in [1.82, 2.24) is 0 Å². The third-order valence-electron chi connectivity index (χ3n) is 3.18. The second-order valence-corrected chi connectivity index (χ2v) is 5.73. The summed E-state index contributed by atoms with van der Waals surface area (Å²) in [7, 11) is 2.57. The maximum absolute atomic E-state index is 11.6. The Labute approximate surface area is 116 Å². The summed E-state index contributed by atoms with van der Waals surface area (Å²) < 4.78 is 9.35. The first-order valence-electron chi connectivity index (χ1n) is 6.06. The molecule has 1 atom stereocenters. The van der Waals surface area contributed by atoms with Crippen LogP contribution >= 0.6 is 11.8 Å². The highest BCUT2D eigenvalue weighted by molar-refractivity contribution is 8.00. The average Bonchev–Trinajstić information content (AvgIpc) is 2.85. The maximum Gasteiger partial charge on any atom is 0.320 e. The summed E-state index contributed by atoms with van der Waals surface area (Å²) >= 11 is 1.70. The third-order valence-corrected chi connectivity index (χ3v) is 4.53. The second-order valence-electron chi connectivity index (χ2n) is 4.39. The molecular formula is C14H16O4S. The number of thioether (sulfide) groups is 1. The molecule has 1 aromatic carbocycles. The van der Waals surface area contributed by atoms with Gasteiger partial charge in [-0.25, -0.2) is 0 Å². The Morgan fingerprint density at radius 2 is 1.89 bits per heavy atom. The molecule has 0 amide bonds. The van der Waals surface area contributed by atoms with Gasteiger partial charge in [0, 0.05) is 10.1 Å². The van der Waals surface area contributed by atoms with Gasteiger partial charge >= 0.3 is 11.9 Å². The summed E-state index contributed by atoms with van der Waals surface area (Å²) in [5.74, 6) is -1.88. The summed E-state index contributed by atoms with van der Waals surface area (Å²) in [5.41, 5.74) is 1.27. The van der Waals surface area contributed by atoms with Gasteiger partial charge in [-0.05, 0) is 24.5 Å². The van der Waals surface area contributed by atoms with Crippen molar-refractivity contribution >= 4 is 23.7 Å². The first kappa shape index (κ1) is 13.9. The van der Waals surface area contributed by atoms with Gasteiger partial charge in [0.25, 0.3) is 0 Å². The molecule has 1 aromatic rings. The first-order valence-corrected chi connectivity index (χ1v) is 6.94. The van der Waals surface area contributed by atoms with Crippen LogP contribution in [0.3, 0.4) is 0 Å². The lowest BCUT2D eigenvalue weighted by Crippen LogP contribution is -2.29. The van der Waals surface area contributed by atoms with Crippen LogP contribution in [0.5, 0.6) is 0 Å². The SMILES string of the molecule is COC(=O)C(CC1Cc2ccccc2S1)C(=O)OC. The predicted octanol–water partition coefficient (Wildman–Crippen LogP) is 2.06. The van der Waals surface area contributed by atoms with Crippen LogP contribution in [0, 0.1) is 5.92 Å². The third kappa shape index (κ3) is 3.10. The highest BCUT2D eigenvalue weighted by atomic mass is 32.2. The van der Waals surface area contributed by atoms with E-state index in [-0.39, 0.29) is 5.25 Å². The summed E-state index contributed by atoms with van der Waals surface area (Å²) in [6.07, 6.45) is 1.31. The van der Waals surface area contributed by atoms with E-state index in [1.54, 1.807) is 11.8 Å². The highest BCUT2D eigenvalue weighted by Crippen LogP contribution is 2.39. The van der Waals surface area contributed by atoms with Crippen molar-refractivity contribution in [2.45, 2.75) is 23.0 Å². The van der Waals surface area contributed by atoms with Crippen molar-refractivity contribution < 1.29 is 19.1 Å². The molecule has 0 aliphatic carbocycles. The van der Waals surface area contributed by atoms with Crippen LogP contribution < -0.4 is 0 Å². The van der Waals surface area contributed by atoms with Gasteiger partial charge < -0.3 is 9.47 Å². The summed E-state index contributed by atoms with van der Waals surface area (Å²) in [4.78, 5) is 24.5. The molecule has 1 unspecified atom stereocenters. The minimum absolute atomic E-state index is 0.209. The number of carbonyl (C=O) groups excluding carboxylic acids is 2. The van der Waals surface area contributed by atoms with Gasteiger partial charge in [0.2, 0.25) is 0 Å².